The molecule has 0 aliphatic heterocycles. The van der Waals surface area contributed by atoms with Crippen LogP contribution in [-0.4, -0.2) is 19.7 Å². The minimum absolute atomic E-state index is 0.712. The first-order valence-electron chi connectivity index (χ1n) is 5.79. The quantitative estimate of drug-likeness (QED) is 0.842. The number of aryl methyl sites for hydroxylation is 2. The average Bonchev–Trinajstić information content (AvgIpc) is 2.79. The number of hydrogen-bond acceptors (Lipinski definition) is 4. The van der Waals surface area contributed by atoms with Crippen molar-refractivity contribution in [2.24, 2.45) is 0 Å². The van der Waals surface area contributed by atoms with Crippen LogP contribution in [0.5, 0.6) is 0 Å². The van der Waals surface area contributed by atoms with Crippen molar-refractivity contribution in [2.75, 3.05) is 0 Å². The van der Waals surface area contributed by atoms with Crippen LogP contribution in [0.4, 0.5) is 0 Å². The molecule has 2 rings (SSSR count). The lowest BCUT2D eigenvalue weighted by atomic mass is 10.2. The molecule has 0 saturated carbocycles. The molecule has 0 amide bonds. The molecule has 0 saturated heterocycles. The fraction of sp³-hybridized carbons (Fsp3) is 0.417. The van der Waals surface area contributed by atoms with Crippen LogP contribution in [0.1, 0.15) is 24.0 Å². The molecule has 2 aromatic rings. The minimum Gasteiger partial charge on any atom is -0.317 e. The van der Waals surface area contributed by atoms with Gasteiger partial charge in [0.2, 0.25) is 0 Å². The molecule has 5 nitrogen and oxygen atoms in total. The fourth-order valence-electron chi connectivity index (χ4n) is 1.68. The zero-order chi connectivity index (χ0) is 12.1. The minimum atomic E-state index is 0.712. The number of pyridine rings is 1. The Morgan fingerprint density at radius 2 is 2.24 bits per heavy atom. The van der Waals surface area contributed by atoms with Crippen molar-refractivity contribution in [1.82, 2.24) is 25.1 Å². The Kier molecular flexibility index (Phi) is 3.82. The Morgan fingerprint density at radius 3 is 3.00 bits per heavy atom. The maximum atomic E-state index is 4.33. The highest BCUT2D eigenvalue weighted by atomic mass is 15.3. The van der Waals surface area contributed by atoms with E-state index in [0.29, 0.717) is 6.54 Å². The van der Waals surface area contributed by atoms with E-state index in [9.17, 15) is 0 Å². The second-order valence-electron chi connectivity index (χ2n) is 3.90. The van der Waals surface area contributed by atoms with Crippen LogP contribution in [0.15, 0.2) is 24.7 Å². The Bertz CT molecular complexity index is 477. The van der Waals surface area contributed by atoms with Gasteiger partial charge in [0, 0.05) is 19.3 Å². The zero-order valence-electron chi connectivity index (χ0n) is 10.2. The summed E-state index contributed by atoms with van der Waals surface area (Å²) in [5, 5.41) is 11.3. The molecule has 0 bridgehead atoms. The molecule has 0 unspecified atom stereocenters. The number of nitrogens with one attached hydrogen (secondary N) is 1. The summed E-state index contributed by atoms with van der Waals surface area (Å²) < 4.78 is 2.03. The van der Waals surface area contributed by atoms with E-state index in [2.05, 4.69) is 40.4 Å². The maximum absolute atomic E-state index is 4.33. The molecule has 0 spiro atoms. The topological polar surface area (TPSA) is 55.6 Å². The number of aromatic nitrogens is 4. The van der Waals surface area contributed by atoms with Gasteiger partial charge in [0.1, 0.15) is 12.2 Å². The lowest BCUT2D eigenvalue weighted by Gasteiger charge is -2.07. The van der Waals surface area contributed by atoms with Crippen LogP contribution in [0.3, 0.4) is 0 Å². The van der Waals surface area contributed by atoms with Gasteiger partial charge in [0.25, 0.3) is 0 Å². The van der Waals surface area contributed by atoms with Gasteiger partial charge >= 0.3 is 0 Å². The summed E-state index contributed by atoms with van der Waals surface area (Å²) in [5.41, 5.74) is 2.28. The lowest BCUT2D eigenvalue weighted by molar-refractivity contribution is 0.605. The van der Waals surface area contributed by atoms with Crippen LogP contribution in [0.2, 0.25) is 0 Å². The molecule has 0 atom stereocenters. The van der Waals surface area contributed by atoms with Crippen LogP contribution in [0.25, 0.3) is 0 Å². The van der Waals surface area contributed by atoms with E-state index in [1.807, 2.05) is 16.8 Å². The Morgan fingerprint density at radius 1 is 1.35 bits per heavy atom. The third kappa shape index (κ3) is 2.88. The molecule has 90 valence electrons. The van der Waals surface area contributed by atoms with Gasteiger partial charge in [0.15, 0.2) is 0 Å². The van der Waals surface area contributed by atoms with Gasteiger partial charge in [-0.05, 0) is 25.5 Å². The van der Waals surface area contributed by atoms with E-state index >= 15 is 0 Å². The van der Waals surface area contributed by atoms with E-state index in [0.717, 1.165) is 24.6 Å². The van der Waals surface area contributed by atoms with E-state index in [1.165, 1.54) is 5.56 Å². The van der Waals surface area contributed by atoms with E-state index < -0.39 is 0 Å². The van der Waals surface area contributed by atoms with Gasteiger partial charge < -0.3 is 9.88 Å². The third-order valence-corrected chi connectivity index (χ3v) is 2.73. The molecular weight excluding hydrogens is 214 g/mol. The zero-order valence-corrected chi connectivity index (χ0v) is 10.2. The van der Waals surface area contributed by atoms with Crippen molar-refractivity contribution < 1.29 is 0 Å². The van der Waals surface area contributed by atoms with Gasteiger partial charge in [-0.15, -0.1) is 10.2 Å². The molecular formula is C12H17N5. The molecule has 5 heteroatoms. The van der Waals surface area contributed by atoms with Crippen molar-refractivity contribution in [3.05, 3.63) is 41.7 Å². The standard InChI is InChI=1S/C12H17N5/c1-3-17-9-15-16-12(17)8-13-7-11-10(2)5-4-6-14-11/h4-6,9,13H,3,7-8H2,1-2H3. The van der Waals surface area contributed by atoms with Crippen molar-refractivity contribution in [2.45, 2.75) is 33.5 Å². The van der Waals surface area contributed by atoms with E-state index in [-0.39, 0.29) is 0 Å². The maximum Gasteiger partial charge on any atom is 0.146 e. The van der Waals surface area contributed by atoms with Crippen LogP contribution < -0.4 is 5.32 Å². The monoisotopic (exact) mass is 231 g/mol. The molecule has 0 radical (unpaired) electrons. The van der Waals surface area contributed by atoms with Crippen LogP contribution in [-0.2, 0) is 19.6 Å². The third-order valence-electron chi connectivity index (χ3n) is 2.73. The lowest BCUT2D eigenvalue weighted by Crippen LogP contribution is -2.17. The highest BCUT2D eigenvalue weighted by Gasteiger charge is 2.03. The van der Waals surface area contributed by atoms with Crippen molar-refractivity contribution >= 4 is 0 Å². The Hall–Kier alpha value is -1.75. The largest absolute Gasteiger partial charge is 0.317 e. The van der Waals surface area contributed by atoms with Gasteiger partial charge in [-0.25, -0.2) is 0 Å². The predicted octanol–water partition coefficient (Wildman–Crippen LogP) is 1.29. The Labute approximate surface area is 101 Å². The second-order valence-corrected chi connectivity index (χ2v) is 3.90. The molecule has 0 fully saturated rings. The summed E-state index contributed by atoms with van der Waals surface area (Å²) in [7, 11) is 0. The van der Waals surface area contributed by atoms with Crippen molar-refractivity contribution in [3.8, 4) is 0 Å². The highest BCUT2D eigenvalue weighted by molar-refractivity contribution is 5.17. The summed E-state index contributed by atoms with van der Waals surface area (Å²) in [5.74, 6) is 0.959. The predicted molar refractivity (Wildman–Crippen MR) is 65.2 cm³/mol. The second kappa shape index (κ2) is 5.54. The normalized spacial score (nSPS) is 10.7. The molecule has 1 N–H and O–H groups in total. The summed E-state index contributed by atoms with van der Waals surface area (Å²) in [6, 6.07) is 4.02. The average molecular weight is 231 g/mol. The molecule has 2 aromatic heterocycles. The van der Waals surface area contributed by atoms with Crippen LogP contribution >= 0.6 is 0 Å². The van der Waals surface area contributed by atoms with Gasteiger partial charge in [0.05, 0.1) is 12.2 Å². The van der Waals surface area contributed by atoms with Gasteiger partial charge in [-0.1, -0.05) is 6.07 Å². The van der Waals surface area contributed by atoms with Gasteiger partial charge in [-0.3, -0.25) is 4.98 Å². The Balaban J connectivity index is 1.90. The summed E-state index contributed by atoms with van der Waals surface area (Å²) >= 11 is 0. The summed E-state index contributed by atoms with van der Waals surface area (Å²) in [6.45, 7) is 6.51. The molecule has 17 heavy (non-hydrogen) atoms. The van der Waals surface area contributed by atoms with Crippen molar-refractivity contribution in [1.29, 1.82) is 0 Å². The number of nitrogens with zero attached hydrogens (tertiary/aromatic N) is 4. The highest BCUT2D eigenvalue weighted by Crippen LogP contribution is 2.03. The fourth-order valence-corrected chi connectivity index (χ4v) is 1.68. The van der Waals surface area contributed by atoms with E-state index in [4.69, 9.17) is 0 Å². The van der Waals surface area contributed by atoms with Gasteiger partial charge in [-0.2, -0.15) is 0 Å². The first kappa shape index (κ1) is 11.7. The summed E-state index contributed by atoms with van der Waals surface area (Å²) in [6.07, 6.45) is 3.57. The molecule has 2 heterocycles. The smallest absolute Gasteiger partial charge is 0.146 e. The molecule has 0 aliphatic rings. The first-order valence-corrected chi connectivity index (χ1v) is 5.79. The molecule has 0 aromatic carbocycles. The number of hydrogen-bond donors (Lipinski definition) is 1. The first-order chi connectivity index (χ1) is 8.31. The summed E-state index contributed by atoms with van der Waals surface area (Å²) in [4.78, 5) is 4.33. The number of rotatable bonds is 5. The van der Waals surface area contributed by atoms with E-state index in [1.54, 1.807) is 6.33 Å². The van der Waals surface area contributed by atoms with Crippen LogP contribution in [0, 0.1) is 6.92 Å². The van der Waals surface area contributed by atoms with Crippen molar-refractivity contribution in [3.63, 3.8) is 0 Å². The SMILES string of the molecule is CCn1cnnc1CNCc1ncccc1C. The molecule has 0 aliphatic carbocycles.